The molecule has 0 saturated carbocycles. The number of hydrogen-bond donors (Lipinski definition) is 0. The number of allylic oxidation sites excluding steroid dienone is 1. The van der Waals surface area contributed by atoms with E-state index in [0.717, 1.165) is 11.4 Å². The maximum atomic E-state index is 8.62. The second-order valence-corrected chi connectivity index (χ2v) is 3.08. The molecule has 0 aliphatic carbocycles. The third-order valence-corrected chi connectivity index (χ3v) is 2.04. The predicted octanol–water partition coefficient (Wildman–Crippen LogP) is 2.06. The first-order chi connectivity index (χ1) is 7.71. The summed E-state index contributed by atoms with van der Waals surface area (Å²) in [5, 5.41) is 17.2. The molecular weight excluding hydrogens is 202 g/mol. The molecule has 16 heavy (non-hydrogen) atoms. The Kier molecular flexibility index (Phi) is 3.94. The van der Waals surface area contributed by atoms with Crippen molar-refractivity contribution in [3.05, 3.63) is 36.0 Å². The van der Waals surface area contributed by atoms with Crippen LogP contribution in [0, 0.1) is 22.7 Å². The summed E-state index contributed by atoms with van der Waals surface area (Å²) in [4.78, 5) is 1.71. The molecule has 4 nitrogen and oxygen atoms in total. The molecule has 4 heteroatoms. The van der Waals surface area contributed by atoms with E-state index in [1.54, 1.807) is 19.1 Å². The van der Waals surface area contributed by atoms with E-state index < -0.39 is 0 Å². The zero-order valence-corrected chi connectivity index (χ0v) is 9.14. The van der Waals surface area contributed by atoms with Gasteiger partial charge in [0.1, 0.15) is 23.5 Å². The molecule has 80 valence electrons. The zero-order valence-electron chi connectivity index (χ0n) is 9.14. The Morgan fingerprint density at radius 1 is 1.25 bits per heavy atom. The molecule has 0 atom stereocenters. The van der Waals surface area contributed by atoms with Gasteiger partial charge in [-0.3, -0.25) is 0 Å². The Bertz CT molecular complexity index is 447. The average molecular weight is 213 g/mol. The minimum atomic E-state index is 0.0679. The third kappa shape index (κ3) is 2.76. The Hall–Kier alpha value is -2.46. The van der Waals surface area contributed by atoms with Crippen molar-refractivity contribution in [1.29, 1.82) is 10.5 Å². The number of rotatable bonds is 3. The van der Waals surface area contributed by atoms with Gasteiger partial charge in [0.2, 0.25) is 0 Å². The van der Waals surface area contributed by atoms with Crippen LogP contribution in [0.4, 0.5) is 5.69 Å². The number of benzene rings is 1. The van der Waals surface area contributed by atoms with Crippen LogP contribution in [0.2, 0.25) is 0 Å². The lowest BCUT2D eigenvalue weighted by Crippen LogP contribution is -2.08. The number of methoxy groups -OCH3 is 1. The smallest absolute Gasteiger partial charge is 0.145 e. The predicted molar refractivity (Wildman–Crippen MR) is 60.7 cm³/mol. The van der Waals surface area contributed by atoms with Crippen LogP contribution in [0.1, 0.15) is 0 Å². The Morgan fingerprint density at radius 3 is 2.25 bits per heavy atom. The standard InChI is InChI=1S/C12H11N3O/c1-15(9-10(7-13)8-14)11-3-5-12(16-2)6-4-11/h3-6,9H,1-2H3. The molecule has 0 N–H and O–H groups in total. The summed E-state index contributed by atoms with van der Waals surface area (Å²) in [6.45, 7) is 0. The van der Waals surface area contributed by atoms with E-state index in [-0.39, 0.29) is 5.57 Å². The van der Waals surface area contributed by atoms with E-state index in [9.17, 15) is 0 Å². The van der Waals surface area contributed by atoms with E-state index >= 15 is 0 Å². The van der Waals surface area contributed by atoms with Gasteiger partial charge in [0.15, 0.2) is 0 Å². The van der Waals surface area contributed by atoms with Gasteiger partial charge in [-0.1, -0.05) is 0 Å². The summed E-state index contributed by atoms with van der Waals surface area (Å²) in [5.74, 6) is 0.766. The van der Waals surface area contributed by atoms with Crippen LogP contribution in [0.15, 0.2) is 36.0 Å². The molecule has 0 spiro atoms. The maximum Gasteiger partial charge on any atom is 0.145 e. The van der Waals surface area contributed by atoms with Crippen molar-refractivity contribution in [3.63, 3.8) is 0 Å². The molecule has 1 aromatic carbocycles. The van der Waals surface area contributed by atoms with Gasteiger partial charge in [0.25, 0.3) is 0 Å². The SMILES string of the molecule is COc1ccc(N(C)C=C(C#N)C#N)cc1. The summed E-state index contributed by atoms with van der Waals surface area (Å²) in [6, 6.07) is 11.0. The van der Waals surface area contributed by atoms with Gasteiger partial charge in [-0.2, -0.15) is 10.5 Å². The minimum absolute atomic E-state index is 0.0679. The first-order valence-electron chi connectivity index (χ1n) is 4.60. The van der Waals surface area contributed by atoms with Crippen LogP contribution >= 0.6 is 0 Å². The van der Waals surface area contributed by atoms with Crippen LogP contribution in [0.25, 0.3) is 0 Å². The van der Waals surface area contributed by atoms with Crippen molar-refractivity contribution in [3.8, 4) is 17.9 Å². The lowest BCUT2D eigenvalue weighted by Gasteiger charge is -2.14. The highest BCUT2D eigenvalue weighted by Gasteiger charge is 2.00. The Labute approximate surface area is 94.6 Å². The summed E-state index contributed by atoms with van der Waals surface area (Å²) in [6.07, 6.45) is 1.49. The highest BCUT2D eigenvalue weighted by Crippen LogP contribution is 2.18. The molecule has 1 aromatic rings. The fraction of sp³-hybridized carbons (Fsp3) is 0.167. The number of ether oxygens (including phenoxy) is 1. The van der Waals surface area contributed by atoms with E-state index in [1.165, 1.54) is 6.20 Å². The second-order valence-electron chi connectivity index (χ2n) is 3.08. The molecule has 0 aliphatic heterocycles. The van der Waals surface area contributed by atoms with Crippen LogP contribution < -0.4 is 9.64 Å². The molecule has 0 radical (unpaired) electrons. The summed E-state index contributed by atoms with van der Waals surface area (Å²) in [7, 11) is 3.37. The van der Waals surface area contributed by atoms with Gasteiger partial charge in [-0.15, -0.1) is 0 Å². The molecule has 0 amide bonds. The van der Waals surface area contributed by atoms with Gasteiger partial charge in [0, 0.05) is 18.9 Å². The topological polar surface area (TPSA) is 60.0 Å². The number of anilines is 1. The normalized spacial score (nSPS) is 8.50. The molecule has 0 unspecified atom stereocenters. The third-order valence-electron chi connectivity index (χ3n) is 2.04. The van der Waals surface area contributed by atoms with Crippen LogP contribution in [0.5, 0.6) is 5.75 Å². The van der Waals surface area contributed by atoms with Crippen LogP contribution in [-0.4, -0.2) is 14.2 Å². The molecule has 1 rings (SSSR count). The second kappa shape index (κ2) is 5.43. The van der Waals surface area contributed by atoms with Gasteiger partial charge < -0.3 is 9.64 Å². The van der Waals surface area contributed by atoms with E-state index in [4.69, 9.17) is 15.3 Å². The van der Waals surface area contributed by atoms with Gasteiger partial charge in [-0.25, -0.2) is 0 Å². The first-order valence-corrected chi connectivity index (χ1v) is 4.60. The average Bonchev–Trinajstić information content (AvgIpc) is 2.35. The number of nitriles is 2. The number of hydrogen-bond acceptors (Lipinski definition) is 4. The first kappa shape index (κ1) is 11.6. The minimum Gasteiger partial charge on any atom is -0.497 e. The van der Waals surface area contributed by atoms with Crippen molar-refractivity contribution in [1.82, 2.24) is 0 Å². The lowest BCUT2D eigenvalue weighted by molar-refractivity contribution is 0.415. The van der Waals surface area contributed by atoms with Crippen molar-refractivity contribution < 1.29 is 4.74 Å². The van der Waals surface area contributed by atoms with Gasteiger partial charge in [-0.05, 0) is 24.3 Å². The largest absolute Gasteiger partial charge is 0.497 e. The maximum absolute atomic E-state index is 8.62. The molecule has 0 bridgehead atoms. The van der Waals surface area contributed by atoms with Crippen LogP contribution in [0.3, 0.4) is 0 Å². The quantitative estimate of drug-likeness (QED) is 0.721. The van der Waals surface area contributed by atoms with E-state index in [1.807, 2.05) is 36.4 Å². The molecule has 0 saturated heterocycles. The highest BCUT2D eigenvalue weighted by molar-refractivity contribution is 5.53. The summed E-state index contributed by atoms with van der Waals surface area (Å²) in [5.41, 5.74) is 0.946. The van der Waals surface area contributed by atoms with Gasteiger partial charge >= 0.3 is 0 Å². The van der Waals surface area contributed by atoms with Crippen molar-refractivity contribution in [2.75, 3.05) is 19.1 Å². The van der Waals surface area contributed by atoms with Crippen molar-refractivity contribution in [2.45, 2.75) is 0 Å². The summed E-state index contributed by atoms with van der Waals surface area (Å²) >= 11 is 0. The van der Waals surface area contributed by atoms with Crippen molar-refractivity contribution >= 4 is 5.69 Å². The fourth-order valence-corrected chi connectivity index (χ4v) is 1.17. The zero-order chi connectivity index (χ0) is 12.0. The van der Waals surface area contributed by atoms with E-state index in [2.05, 4.69) is 0 Å². The highest BCUT2D eigenvalue weighted by atomic mass is 16.5. The van der Waals surface area contributed by atoms with Crippen molar-refractivity contribution in [2.24, 2.45) is 0 Å². The Morgan fingerprint density at radius 2 is 1.81 bits per heavy atom. The molecular formula is C12H11N3O. The monoisotopic (exact) mass is 213 g/mol. The Balaban J connectivity index is 2.90. The summed E-state index contributed by atoms with van der Waals surface area (Å²) < 4.78 is 5.03. The lowest BCUT2D eigenvalue weighted by atomic mass is 10.2. The molecule has 0 aromatic heterocycles. The fourth-order valence-electron chi connectivity index (χ4n) is 1.17. The van der Waals surface area contributed by atoms with Gasteiger partial charge in [0.05, 0.1) is 7.11 Å². The molecule has 0 aliphatic rings. The van der Waals surface area contributed by atoms with E-state index in [0.29, 0.717) is 0 Å². The molecule has 0 heterocycles. The molecule has 0 fully saturated rings. The van der Waals surface area contributed by atoms with Crippen LogP contribution in [-0.2, 0) is 0 Å². The number of nitrogens with zero attached hydrogens (tertiary/aromatic N) is 3.